The van der Waals surface area contributed by atoms with Crippen molar-refractivity contribution in [2.75, 3.05) is 26.4 Å². The molecule has 0 aliphatic carbocycles. The van der Waals surface area contributed by atoms with E-state index in [0.717, 1.165) is 18.7 Å². The Morgan fingerprint density at radius 2 is 2.00 bits per heavy atom. The lowest BCUT2D eigenvalue weighted by Crippen LogP contribution is -2.56. The van der Waals surface area contributed by atoms with Crippen LogP contribution in [0.5, 0.6) is 5.75 Å². The first-order valence-corrected chi connectivity index (χ1v) is 6.89. The zero-order valence-electron chi connectivity index (χ0n) is 12.2. The molecule has 0 aliphatic heterocycles. The van der Waals surface area contributed by atoms with Gasteiger partial charge >= 0.3 is 0 Å². The number of rotatable bonds is 10. The van der Waals surface area contributed by atoms with E-state index in [-0.39, 0.29) is 6.61 Å². The summed E-state index contributed by atoms with van der Waals surface area (Å²) in [6, 6.07) is 9.53. The van der Waals surface area contributed by atoms with Gasteiger partial charge in [0.05, 0.1) is 13.2 Å². The van der Waals surface area contributed by atoms with Crippen LogP contribution in [0.3, 0.4) is 0 Å². The third-order valence-corrected chi connectivity index (χ3v) is 2.94. The smallest absolute Gasteiger partial charge is 0.239 e. The van der Waals surface area contributed by atoms with Gasteiger partial charge in [-0.05, 0) is 32.0 Å². The highest BCUT2D eigenvalue weighted by atomic mass is 16.5. The molecule has 112 valence electrons. The van der Waals surface area contributed by atoms with E-state index in [1.807, 2.05) is 37.3 Å². The van der Waals surface area contributed by atoms with Gasteiger partial charge in [-0.2, -0.15) is 0 Å². The van der Waals surface area contributed by atoms with Gasteiger partial charge in [0, 0.05) is 0 Å². The van der Waals surface area contributed by atoms with Crippen molar-refractivity contribution in [1.82, 2.24) is 5.32 Å². The Balaban J connectivity index is 2.25. The van der Waals surface area contributed by atoms with Gasteiger partial charge in [0.25, 0.3) is 0 Å². The Bertz CT molecular complexity index is 397. The minimum absolute atomic E-state index is 0.237. The predicted molar refractivity (Wildman–Crippen MR) is 78.6 cm³/mol. The zero-order chi connectivity index (χ0) is 14.8. The first kappa shape index (κ1) is 16.5. The largest absolute Gasteiger partial charge is 0.491 e. The maximum absolute atomic E-state index is 11.5. The molecule has 5 nitrogen and oxygen atoms in total. The minimum atomic E-state index is -0.831. The number of benzene rings is 1. The second kappa shape index (κ2) is 8.55. The molecule has 0 fully saturated rings. The molecule has 0 saturated heterocycles. The Morgan fingerprint density at radius 3 is 2.60 bits per heavy atom. The van der Waals surface area contributed by atoms with Gasteiger partial charge in [0.15, 0.2) is 0 Å². The van der Waals surface area contributed by atoms with Crippen molar-refractivity contribution in [1.29, 1.82) is 0 Å². The number of carbonyl (C=O) groups excluding carboxylic acids is 1. The average Bonchev–Trinajstić information content (AvgIpc) is 2.45. The van der Waals surface area contributed by atoms with Gasteiger partial charge < -0.3 is 20.5 Å². The van der Waals surface area contributed by atoms with E-state index in [9.17, 15) is 4.79 Å². The lowest BCUT2D eigenvalue weighted by molar-refractivity contribution is -0.126. The van der Waals surface area contributed by atoms with E-state index < -0.39 is 11.4 Å². The van der Waals surface area contributed by atoms with Crippen molar-refractivity contribution in [3.05, 3.63) is 30.3 Å². The molecule has 0 radical (unpaired) electrons. The molecule has 0 saturated carbocycles. The van der Waals surface area contributed by atoms with E-state index in [4.69, 9.17) is 15.2 Å². The molecule has 0 spiro atoms. The molecule has 5 heteroatoms. The minimum Gasteiger partial charge on any atom is -0.491 e. The molecule has 1 aromatic carbocycles. The highest BCUT2D eigenvalue weighted by molar-refractivity contribution is 5.84. The van der Waals surface area contributed by atoms with Crippen molar-refractivity contribution in [3.8, 4) is 5.75 Å². The highest BCUT2D eigenvalue weighted by Crippen LogP contribution is 2.08. The Morgan fingerprint density at radius 1 is 1.30 bits per heavy atom. The lowest BCUT2D eigenvalue weighted by Gasteiger charge is -2.27. The molecule has 1 rings (SSSR count). The van der Waals surface area contributed by atoms with Crippen molar-refractivity contribution in [2.24, 2.45) is 5.73 Å². The summed E-state index contributed by atoms with van der Waals surface area (Å²) in [7, 11) is 0. The van der Waals surface area contributed by atoms with Crippen LogP contribution in [0, 0.1) is 0 Å². The van der Waals surface area contributed by atoms with Crippen molar-refractivity contribution in [3.63, 3.8) is 0 Å². The molecular weight excluding hydrogens is 256 g/mol. The molecule has 3 N–H and O–H groups in total. The molecule has 1 aromatic rings. The van der Waals surface area contributed by atoms with Crippen molar-refractivity contribution in [2.45, 2.75) is 25.8 Å². The fourth-order valence-corrected chi connectivity index (χ4v) is 1.62. The maximum atomic E-state index is 11.5. The van der Waals surface area contributed by atoms with Gasteiger partial charge in [-0.25, -0.2) is 0 Å². The monoisotopic (exact) mass is 280 g/mol. The van der Waals surface area contributed by atoms with Gasteiger partial charge in [-0.3, -0.25) is 4.79 Å². The van der Waals surface area contributed by atoms with Crippen LogP contribution in [0.2, 0.25) is 0 Å². The van der Waals surface area contributed by atoms with E-state index >= 15 is 0 Å². The summed E-state index contributed by atoms with van der Waals surface area (Å²) in [5, 5.41) is 3.11. The molecule has 0 bridgehead atoms. The summed E-state index contributed by atoms with van der Waals surface area (Å²) in [5.74, 6) is 0.396. The topological polar surface area (TPSA) is 73.6 Å². The number of nitrogens with two attached hydrogens (primary N) is 1. The number of ether oxygens (including phenoxy) is 2. The standard InChI is InChI=1S/C15H24N2O3/c1-3-9-17-15(2,14(16)18)12-19-10-11-20-13-7-5-4-6-8-13/h4-8,17H,3,9-12H2,1-2H3,(H2,16,18). The summed E-state index contributed by atoms with van der Waals surface area (Å²) in [5.41, 5.74) is 4.57. The summed E-state index contributed by atoms with van der Waals surface area (Å²) in [6.07, 6.45) is 0.931. The third kappa shape index (κ3) is 5.59. The molecular formula is C15H24N2O3. The van der Waals surface area contributed by atoms with Gasteiger partial charge in [-0.15, -0.1) is 0 Å². The lowest BCUT2D eigenvalue weighted by atomic mass is 10.0. The quantitative estimate of drug-likeness (QED) is 0.634. The van der Waals surface area contributed by atoms with Gasteiger partial charge in [-0.1, -0.05) is 25.1 Å². The van der Waals surface area contributed by atoms with E-state index in [1.54, 1.807) is 6.92 Å². The van der Waals surface area contributed by atoms with Crippen LogP contribution < -0.4 is 15.8 Å². The number of hydrogen-bond donors (Lipinski definition) is 2. The van der Waals surface area contributed by atoms with Crippen LogP contribution in [0.4, 0.5) is 0 Å². The zero-order valence-corrected chi connectivity index (χ0v) is 12.2. The van der Waals surface area contributed by atoms with Gasteiger partial charge in [0.1, 0.15) is 17.9 Å². The fraction of sp³-hybridized carbons (Fsp3) is 0.533. The van der Waals surface area contributed by atoms with Crippen molar-refractivity contribution < 1.29 is 14.3 Å². The van der Waals surface area contributed by atoms with Crippen LogP contribution >= 0.6 is 0 Å². The van der Waals surface area contributed by atoms with Crippen molar-refractivity contribution >= 4 is 5.91 Å². The van der Waals surface area contributed by atoms with E-state index in [0.29, 0.717) is 13.2 Å². The number of amides is 1. The number of carbonyl (C=O) groups is 1. The number of primary amides is 1. The Hall–Kier alpha value is -1.59. The molecule has 0 aromatic heterocycles. The van der Waals surface area contributed by atoms with Crippen LogP contribution in [0.25, 0.3) is 0 Å². The molecule has 0 aliphatic rings. The Kier molecular flexibility index (Phi) is 7.04. The molecule has 1 unspecified atom stereocenters. The maximum Gasteiger partial charge on any atom is 0.239 e. The van der Waals surface area contributed by atoms with Crippen LogP contribution in [-0.4, -0.2) is 37.8 Å². The SMILES string of the molecule is CCCNC(C)(COCCOc1ccccc1)C(N)=O. The molecule has 20 heavy (non-hydrogen) atoms. The summed E-state index contributed by atoms with van der Waals surface area (Å²) >= 11 is 0. The number of hydrogen-bond acceptors (Lipinski definition) is 4. The molecule has 0 heterocycles. The van der Waals surface area contributed by atoms with E-state index in [1.165, 1.54) is 0 Å². The fourth-order valence-electron chi connectivity index (χ4n) is 1.62. The number of para-hydroxylation sites is 1. The van der Waals surface area contributed by atoms with Gasteiger partial charge in [0.2, 0.25) is 5.91 Å². The summed E-state index contributed by atoms with van der Waals surface area (Å²) < 4.78 is 11.0. The number of nitrogens with one attached hydrogen (secondary N) is 1. The first-order valence-electron chi connectivity index (χ1n) is 6.89. The third-order valence-electron chi connectivity index (χ3n) is 2.94. The van der Waals surface area contributed by atoms with Crippen LogP contribution in [0.15, 0.2) is 30.3 Å². The second-order valence-corrected chi connectivity index (χ2v) is 4.84. The normalized spacial score (nSPS) is 13.7. The first-order chi connectivity index (χ1) is 9.58. The summed E-state index contributed by atoms with van der Waals surface area (Å²) in [4.78, 5) is 11.5. The summed E-state index contributed by atoms with van der Waals surface area (Å²) in [6.45, 7) is 5.59. The van der Waals surface area contributed by atoms with Crippen LogP contribution in [-0.2, 0) is 9.53 Å². The predicted octanol–water partition coefficient (Wildman–Crippen LogP) is 1.33. The Labute approximate surface area is 120 Å². The highest BCUT2D eigenvalue weighted by Gasteiger charge is 2.30. The second-order valence-electron chi connectivity index (χ2n) is 4.84. The van der Waals surface area contributed by atoms with E-state index in [2.05, 4.69) is 5.32 Å². The van der Waals surface area contributed by atoms with Crippen LogP contribution in [0.1, 0.15) is 20.3 Å². The molecule has 1 atom stereocenters. The molecule has 1 amide bonds. The average molecular weight is 280 g/mol.